The second-order valence-corrected chi connectivity index (χ2v) is 8.18. The van der Waals surface area contributed by atoms with Crippen LogP contribution in [0.5, 0.6) is 5.75 Å². The highest BCUT2D eigenvalue weighted by atomic mass is 16.5. The minimum absolute atomic E-state index is 0.120. The first-order valence-corrected chi connectivity index (χ1v) is 8.31. The number of rotatable bonds is 7. The summed E-state index contributed by atoms with van der Waals surface area (Å²) < 4.78 is 5.49. The molecule has 0 aliphatic carbocycles. The minimum atomic E-state index is 0.120. The smallest absolute Gasteiger partial charge is 0.142 e. The van der Waals surface area contributed by atoms with E-state index >= 15 is 0 Å². The maximum atomic E-state index is 6.05. The molecule has 0 aliphatic heterocycles. The quantitative estimate of drug-likeness (QED) is 0.734. The van der Waals surface area contributed by atoms with E-state index in [0.29, 0.717) is 18.1 Å². The van der Waals surface area contributed by atoms with Crippen LogP contribution in [0.1, 0.15) is 60.5 Å². The molecule has 0 fully saturated rings. The van der Waals surface area contributed by atoms with Crippen molar-refractivity contribution in [2.45, 2.75) is 72.9 Å². The van der Waals surface area contributed by atoms with Gasteiger partial charge in [-0.25, -0.2) is 0 Å². The average Bonchev–Trinajstić information content (AvgIpc) is 2.28. The van der Waals surface area contributed by atoms with E-state index in [0.717, 1.165) is 24.3 Å². The molecule has 3 N–H and O–H groups in total. The Hall–Kier alpha value is -1.22. The van der Waals surface area contributed by atoms with Gasteiger partial charge >= 0.3 is 0 Å². The molecule has 0 bridgehead atoms. The Kier molecular flexibility index (Phi) is 6.30. The van der Waals surface area contributed by atoms with E-state index < -0.39 is 0 Å². The van der Waals surface area contributed by atoms with Gasteiger partial charge in [0.05, 0.1) is 12.3 Å². The third-order valence-corrected chi connectivity index (χ3v) is 3.53. The zero-order valence-electron chi connectivity index (χ0n) is 15.4. The van der Waals surface area contributed by atoms with Crippen molar-refractivity contribution in [1.82, 2.24) is 5.32 Å². The lowest BCUT2D eigenvalue weighted by molar-refractivity contribution is 0.226. The molecule has 0 saturated carbocycles. The molecule has 3 heteroatoms. The van der Waals surface area contributed by atoms with Gasteiger partial charge in [0.15, 0.2) is 0 Å². The van der Waals surface area contributed by atoms with E-state index in [1.54, 1.807) is 0 Å². The molecule has 0 spiro atoms. The maximum absolute atomic E-state index is 6.05. The van der Waals surface area contributed by atoms with E-state index in [1.807, 2.05) is 19.1 Å². The molecular formula is C19H34N2O. The van der Waals surface area contributed by atoms with Gasteiger partial charge < -0.3 is 15.8 Å². The Morgan fingerprint density at radius 3 is 2.32 bits per heavy atom. The standard InChI is InChI=1S/C19H34N2O/c1-8-22-17-10-9-15(12-16(17)20)11-14(2)21-19(6,7)13-18(3,4)5/h9-10,12,14,21H,8,11,13,20H2,1-7H3. The highest BCUT2D eigenvalue weighted by Crippen LogP contribution is 2.28. The predicted molar refractivity (Wildman–Crippen MR) is 96.5 cm³/mol. The van der Waals surface area contributed by atoms with Gasteiger partial charge in [0.2, 0.25) is 0 Å². The van der Waals surface area contributed by atoms with Gasteiger partial charge in [-0.15, -0.1) is 0 Å². The van der Waals surface area contributed by atoms with Crippen LogP contribution in [0.25, 0.3) is 0 Å². The second kappa shape index (κ2) is 7.36. The normalized spacial score (nSPS) is 14.0. The molecule has 1 aromatic carbocycles. The van der Waals surface area contributed by atoms with Gasteiger partial charge in [-0.2, -0.15) is 0 Å². The lowest BCUT2D eigenvalue weighted by Crippen LogP contribution is -2.47. The fraction of sp³-hybridized carbons (Fsp3) is 0.684. The van der Waals surface area contributed by atoms with Crippen LogP contribution in [0.15, 0.2) is 18.2 Å². The molecule has 0 radical (unpaired) electrons. The van der Waals surface area contributed by atoms with Gasteiger partial charge in [0.1, 0.15) is 5.75 Å². The Morgan fingerprint density at radius 2 is 1.82 bits per heavy atom. The molecule has 0 amide bonds. The Balaban J connectivity index is 2.65. The van der Waals surface area contributed by atoms with Crippen molar-refractivity contribution in [2.75, 3.05) is 12.3 Å². The van der Waals surface area contributed by atoms with Gasteiger partial charge in [0.25, 0.3) is 0 Å². The number of anilines is 1. The molecule has 1 unspecified atom stereocenters. The van der Waals surface area contributed by atoms with Crippen molar-refractivity contribution in [3.8, 4) is 5.75 Å². The van der Waals surface area contributed by atoms with Crippen LogP contribution in [-0.2, 0) is 6.42 Å². The molecule has 0 saturated heterocycles. The van der Waals surface area contributed by atoms with Crippen molar-refractivity contribution in [1.29, 1.82) is 0 Å². The number of nitrogen functional groups attached to an aromatic ring is 1. The zero-order valence-corrected chi connectivity index (χ0v) is 15.4. The molecule has 3 nitrogen and oxygen atoms in total. The Labute approximate surface area is 136 Å². The Morgan fingerprint density at radius 1 is 1.18 bits per heavy atom. The SMILES string of the molecule is CCOc1ccc(CC(C)NC(C)(C)CC(C)(C)C)cc1N. The third kappa shape index (κ3) is 6.69. The van der Waals surface area contributed by atoms with Crippen LogP contribution < -0.4 is 15.8 Å². The fourth-order valence-corrected chi connectivity index (χ4v) is 3.46. The third-order valence-electron chi connectivity index (χ3n) is 3.53. The monoisotopic (exact) mass is 306 g/mol. The highest BCUT2D eigenvalue weighted by Gasteiger charge is 2.26. The molecule has 0 heterocycles. The van der Waals surface area contributed by atoms with E-state index in [2.05, 4.69) is 52.9 Å². The van der Waals surface area contributed by atoms with Gasteiger partial charge in [-0.3, -0.25) is 0 Å². The summed E-state index contributed by atoms with van der Waals surface area (Å²) in [6.07, 6.45) is 2.10. The van der Waals surface area contributed by atoms with E-state index in [-0.39, 0.29) is 5.54 Å². The van der Waals surface area contributed by atoms with E-state index in [9.17, 15) is 0 Å². The summed E-state index contributed by atoms with van der Waals surface area (Å²) in [6.45, 7) is 16.3. The maximum Gasteiger partial charge on any atom is 0.142 e. The first-order valence-electron chi connectivity index (χ1n) is 8.31. The molecule has 1 atom stereocenters. The molecule has 1 rings (SSSR count). The number of hydrogen-bond donors (Lipinski definition) is 2. The van der Waals surface area contributed by atoms with Gasteiger partial charge in [0, 0.05) is 11.6 Å². The number of nitrogens with one attached hydrogen (secondary N) is 1. The van der Waals surface area contributed by atoms with Crippen LogP contribution in [0.4, 0.5) is 5.69 Å². The van der Waals surface area contributed by atoms with Crippen LogP contribution in [-0.4, -0.2) is 18.2 Å². The predicted octanol–water partition coefficient (Wildman–Crippen LogP) is 4.40. The summed E-state index contributed by atoms with van der Waals surface area (Å²) in [5, 5.41) is 3.75. The first-order chi connectivity index (χ1) is 10.0. The Bertz CT molecular complexity index is 475. The molecule has 0 aliphatic rings. The summed E-state index contributed by atoms with van der Waals surface area (Å²) in [4.78, 5) is 0. The summed E-state index contributed by atoms with van der Waals surface area (Å²) >= 11 is 0. The number of benzene rings is 1. The van der Waals surface area contributed by atoms with Crippen LogP contribution in [0.3, 0.4) is 0 Å². The number of ether oxygens (including phenoxy) is 1. The van der Waals surface area contributed by atoms with Crippen LogP contribution in [0, 0.1) is 5.41 Å². The van der Waals surface area contributed by atoms with Gasteiger partial charge in [-0.1, -0.05) is 26.8 Å². The number of nitrogens with two attached hydrogens (primary N) is 1. The topological polar surface area (TPSA) is 47.3 Å². The first kappa shape index (κ1) is 18.8. The molecule has 1 aromatic rings. The lowest BCUT2D eigenvalue weighted by atomic mass is 9.81. The second-order valence-electron chi connectivity index (χ2n) is 8.18. The van der Waals surface area contributed by atoms with Crippen LogP contribution >= 0.6 is 0 Å². The van der Waals surface area contributed by atoms with Crippen molar-refractivity contribution >= 4 is 5.69 Å². The molecule has 22 heavy (non-hydrogen) atoms. The van der Waals surface area contributed by atoms with Crippen LogP contribution in [0.2, 0.25) is 0 Å². The molecule has 126 valence electrons. The van der Waals surface area contributed by atoms with Crippen molar-refractivity contribution < 1.29 is 4.74 Å². The van der Waals surface area contributed by atoms with E-state index in [4.69, 9.17) is 10.5 Å². The van der Waals surface area contributed by atoms with Crippen molar-refractivity contribution in [2.24, 2.45) is 5.41 Å². The fourth-order valence-electron chi connectivity index (χ4n) is 3.46. The zero-order chi connectivity index (χ0) is 17.0. The summed E-state index contributed by atoms with van der Waals surface area (Å²) in [5.41, 5.74) is 8.45. The average molecular weight is 306 g/mol. The molecular weight excluding hydrogens is 272 g/mol. The van der Waals surface area contributed by atoms with Crippen molar-refractivity contribution in [3.05, 3.63) is 23.8 Å². The van der Waals surface area contributed by atoms with Gasteiger partial charge in [-0.05, 0) is 63.6 Å². The number of hydrogen-bond acceptors (Lipinski definition) is 3. The largest absolute Gasteiger partial charge is 0.492 e. The highest BCUT2D eigenvalue weighted by molar-refractivity contribution is 5.54. The summed E-state index contributed by atoms with van der Waals surface area (Å²) in [7, 11) is 0. The van der Waals surface area contributed by atoms with E-state index in [1.165, 1.54) is 5.56 Å². The lowest BCUT2D eigenvalue weighted by Gasteiger charge is -2.36. The summed E-state index contributed by atoms with van der Waals surface area (Å²) in [5.74, 6) is 0.778. The summed E-state index contributed by atoms with van der Waals surface area (Å²) in [6, 6.07) is 6.51. The van der Waals surface area contributed by atoms with Crippen molar-refractivity contribution in [3.63, 3.8) is 0 Å². The molecule has 0 aromatic heterocycles. The minimum Gasteiger partial charge on any atom is -0.492 e.